The summed E-state index contributed by atoms with van der Waals surface area (Å²) in [5.74, 6) is 0.485. The van der Waals surface area contributed by atoms with E-state index in [1.54, 1.807) is 35.8 Å². The zero-order valence-corrected chi connectivity index (χ0v) is 19.0. The molecule has 0 radical (unpaired) electrons. The molecule has 0 aliphatic carbocycles. The first-order valence-electron chi connectivity index (χ1n) is 11.5. The number of fused-ring (bicyclic) bond motifs is 1. The molecule has 2 heterocycles. The number of likely N-dealkylation sites (tertiary alicyclic amines) is 1. The minimum Gasteiger partial charge on any atom is -0.492 e. The average molecular weight is 464 g/mol. The van der Waals surface area contributed by atoms with E-state index in [0.717, 1.165) is 29.6 Å². The summed E-state index contributed by atoms with van der Waals surface area (Å²) in [6.45, 7) is 3.30. The Morgan fingerprint density at radius 2 is 1.82 bits per heavy atom. The Morgan fingerprint density at radius 1 is 1.06 bits per heavy atom. The molecule has 3 aromatic rings. The van der Waals surface area contributed by atoms with Gasteiger partial charge in [0.25, 0.3) is 5.91 Å². The molecule has 1 aromatic heterocycles. The van der Waals surface area contributed by atoms with E-state index < -0.39 is 5.91 Å². The number of ether oxygens (including phenoxy) is 1. The van der Waals surface area contributed by atoms with Crippen LogP contribution in [0.5, 0.6) is 5.75 Å². The fraction of sp³-hybridized carbons (Fsp3) is 0.308. The van der Waals surface area contributed by atoms with E-state index in [1.807, 2.05) is 30.3 Å². The SMILES string of the molecule is O=C(C=C(CN1CCCCC1)c1cc2ccccc2o1)NCCOc1ccc(C(=O)NO)cc1. The molecular weight excluding hydrogens is 434 g/mol. The Morgan fingerprint density at radius 3 is 2.56 bits per heavy atom. The van der Waals surface area contributed by atoms with Gasteiger partial charge in [-0.25, -0.2) is 5.48 Å². The number of hydroxylamine groups is 1. The molecule has 2 amide bonds. The summed E-state index contributed by atoms with van der Waals surface area (Å²) in [7, 11) is 0. The van der Waals surface area contributed by atoms with Gasteiger partial charge in [-0.2, -0.15) is 0 Å². The monoisotopic (exact) mass is 463 g/mol. The van der Waals surface area contributed by atoms with Crippen molar-refractivity contribution in [3.8, 4) is 5.75 Å². The zero-order valence-electron chi connectivity index (χ0n) is 19.0. The van der Waals surface area contributed by atoms with Crippen molar-refractivity contribution in [1.29, 1.82) is 0 Å². The highest BCUT2D eigenvalue weighted by atomic mass is 16.5. The number of amides is 2. The fourth-order valence-electron chi connectivity index (χ4n) is 4.01. The fourth-order valence-corrected chi connectivity index (χ4v) is 4.01. The van der Waals surface area contributed by atoms with Crippen LogP contribution in [0, 0.1) is 0 Å². The van der Waals surface area contributed by atoms with E-state index in [0.29, 0.717) is 30.2 Å². The van der Waals surface area contributed by atoms with Crippen LogP contribution in [0.3, 0.4) is 0 Å². The first-order valence-corrected chi connectivity index (χ1v) is 11.5. The Balaban J connectivity index is 1.36. The van der Waals surface area contributed by atoms with E-state index in [1.165, 1.54) is 19.3 Å². The predicted octanol–water partition coefficient (Wildman–Crippen LogP) is 3.62. The van der Waals surface area contributed by atoms with Crippen LogP contribution in [-0.4, -0.2) is 54.7 Å². The van der Waals surface area contributed by atoms with Gasteiger partial charge in [-0.05, 0) is 62.3 Å². The number of carbonyl (C=O) groups excluding carboxylic acids is 2. The molecule has 1 aliphatic heterocycles. The summed E-state index contributed by atoms with van der Waals surface area (Å²) in [5.41, 5.74) is 3.56. The van der Waals surface area contributed by atoms with E-state index >= 15 is 0 Å². The summed E-state index contributed by atoms with van der Waals surface area (Å²) in [6, 6.07) is 16.2. The minimum absolute atomic E-state index is 0.203. The van der Waals surface area contributed by atoms with Gasteiger partial charge < -0.3 is 14.5 Å². The summed E-state index contributed by atoms with van der Waals surface area (Å²) < 4.78 is 11.7. The first-order chi connectivity index (χ1) is 16.6. The lowest BCUT2D eigenvalue weighted by Gasteiger charge is -2.26. The van der Waals surface area contributed by atoms with Crippen LogP contribution in [0.25, 0.3) is 16.5 Å². The molecule has 0 bridgehead atoms. The van der Waals surface area contributed by atoms with Gasteiger partial charge in [0, 0.05) is 29.1 Å². The standard InChI is InChI=1S/C26H29N3O5/c30-25(27-12-15-33-22-10-8-19(9-11-22)26(31)28-32)17-21(18-29-13-4-1-5-14-29)24-16-20-6-2-3-7-23(20)34-24/h2-3,6-11,16-17,32H,1,4-5,12-15,18H2,(H,27,30)(H,28,31). The molecule has 1 saturated heterocycles. The van der Waals surface area contributed by atoms with Crippen LogP contribution in [-0.2, 0) is 4.79 Å². The molecule has 0 saturated carbocycles. The van der Waals surface area contributed by atoms with Crippen molar-refractivity contribution < 1.29 is 24.0 Å². The summed E-state index contributed by atoms with van der Waals surface area (Å²) >= 11 is 0. The lowest BCUT2D eigenvalue weighted by atomic mass is 10.1. The van der Waals surface area contributed by atoms with E-state index in [2.05, 4.69) is 10.2 Å². The third kappa shape index (κ3) is 6.24. The maximum Gasteiger partial charge on any atom is 0.274 e. The maximum absolute atomic E-state index is 12.7. The molecule has 3 N–H and O–H groups in total. The number of para-hydroxylation sites is 1. The van der Waals surface area contributed by atoms with Crippen molar-refractivity contribution in [2.45, 2.75) is 19.3 Å². The first kappa shape index (κ1) is 23.5. The Labute approximate surface area is 198 Å². The van der Waals surface area contributed by atoms with Gasteiger partial charge in [-0.1, -0.05) is 24.6 Å². The van der Waals surface area contributed by atoms with E-state index in [9.17, 15) is 9.59 Å². The van der Waals surface area contributed by atoms with Gasteiger partial charge in [-0.15, -0.1) is 0 Å². The summed E-state index contributed by atoms with van der Waals surface area (Å²) in [4.78, 5) is 26.4. The molecule has 8 heteroatoms. The quantitative estimate of drug-likeness (QED) is 0.194. The van der Waals surface area contributed by atoms with Crippen LogP contribution < -0.4 is 15.5 Å². The topological polar surface area (TPSA) is 104 Å². The molecule has 1 aliphatic rings. The molecule has 0 atom stereocenters. The Bertz CT molecular complexity index is 1110. The maximum atomic E-state index is 12.7. The largest absolute Gasteiger partial charge is 0.492 e. The molecular formula is C26H29N3O5. The number of rotatable bonds is 9. The van der Waals surface area contributed by atoms with Crippen molar-refractivity contribution >= 4 is 28.4 Å². The molecule has 1 fully saturated rings. The smallest absolute Gasteiger partial charge is 0.274 e. The van der Waals surface area contributed by atoms with Gasteiger partial charge in [-0.3, -0.25) is 19.7 Å². The minimum atomic E-state index is -0.588. The van der Waals surface area contributed by atoms with E-state index in [-0.39, 0.29) is 12.5 Å². The second-order valence-electron chi connectivity index (χ2n) is 8.26. The zero-order chi connectivity index (χ0) is 23.8. The van der Waals surface area contributed by atoms with Crippen LogP contribution >= 0.6 is 0 Å². The third-order valence-electron chi connectivity index (χ3n) is 5.78. The number of carbonyl (C=O) groups is 2. The van der Waals surface area contributed by atoms with Crippen molar-refractivity contribution in [2.75, 3.05) is 32.8 Å². The number of furan rings is 1. The number of piperidine rings is 1. The van der Waals surface area contributed by atoms with Crippen LogP contribution in [0.4, 0.5) is 0 Å². The number of nitrogens with zero attached hydrogens (tertiary/aromatic N) is 1. The van der Waals surface area contributed by atoms with E-state index in [4.69, 9.17) is 14.4 Å². The average Bonchev–Trinajstić information content (AvgIpc) is 3.31. The van der Waals surface area contributed by atoms with Crippen molar-refractivity contribution in [3.05, 3.63) is 72.0 Å². The lowest BCUT2D eigenvalue weighted by Crippen LogP contribution is -2.32. The predicted molar refractivity (Wildman–Crippen MR) is 129 cm³/mol. The molecule has 2 aromatic carbocycles. The van der Waals surface area contributed by atoms with Crippen molar-refractivity contribution in [3.63, 3.8) is 0 Å². The van der Waals surface area contributed by atoms with Gasteiger partial charge in [0.2, 0.25) is 5.91 Å². The third-order valence-corrected chi connectivity index (χ3v) is 5.78. The molecule has 34 heavy (non-hydrogen) atoms. The summed E-state index contributed by atoms with van der Waals surface area (Å²) in [5, 5.41) is 12.5. The second-order valence-corrected chi connectivity index (χ2v) is 8.26. The molecule has 4 rings (SSSR count). The number of hydrogen-bond acceptors (Lipinski definition) is 6. The Kier molecular flexibility index (Phi) is 7.95. The Hall–Kier alpha value is -3.62. The van der Waals surface area contributed by atoms with Crippen LogP contribution in [0.1, 0.15) is 35.4 Å². The molecule has 0 spiro atoms. The highest BCUT2D eigenvalue weighted by molar-refractivity contribution is 5.96. The normalized spacial score (nSPS) is 14.7. The summed E-state index contributed by atoms with van der Waals surface area (Å²) in [6.07, 6.45) is 5.21. The van der Waals surface area contributed by atoms with Crippen LogP contribution in [0.15, 0.2) is 65.1 Å². The molecule has 178 valence electrons. The van der Waals surface area contributed by atoms with Gasteiger partial charge in [0.1, 0.15) is 23.7 Å². The second kappa shape index (κ2) is 11.5. The van der Waals surface area contributed by atoms with Gasteiger partial charge >= 0.3 is 0 Å². The van der Waals surface area contributed by atoms with Crippen LogP contribution in [0.2, 0.25) is 0 Å². The number of benzene rings is 2. The molecule has 0 unspecified atom stereocenters. The van der Waals surface area contributed by atoms with Crippen molar-refractivity contribution in [1.82, 2.24) is 15.7 Å². The number of nitrogens with one attached hydrogen (secondary N) is 2. The lowest BCUT2D eigenvalue weighted by molar-refractivity contribution is -0.116. The number of hydrogen-bond donors (Lipinski definition) is 3. The van der Waals surface area contributed by atoms with Crippen molar-refractivity contribution in [2.24, 2.45) is 0 Å². The van der Waals surface area contributed by atoms with Gasteiger partial charge in [0.15, 0.2) is 0 Å². The molecule has 8 nitrogen and oxygen atoms in total. The highest BCUT2D eigenvalue weighted by Crippen LogP contribution is 2.26. The van der Waals surface area contributed by atoms with Gasteiger partial charge in [0.05, 0.1) is 6.54 Å². The highest BCUT2D eigenvalue weighted by Gasteiger charge is 2.17.